The van der Waals surface area contributed by atoms with Crippen LogP contribution < -0.4 is 10.6 Å². The summed E-state index contributed by atoms with van der Waals surface area (Å²) in [5.41, 5.74) is 1.05. The maximum absolute atomic E-state index is 12.5. The molecule has 0 atom stereocenters. The van der Waals surface area contributed by atoms with E-state index in [9.17, 15) is 14.4 Å². The molecule has 2 aromatic rings. The van der Waals surface area contributed by atoms with Crippen LogP contribution in [0.1, 0.15) is 56.7 Å². The molecule has 8 heteroatoms. The molecule has 2 N–H and O–H groups in total. The lowest BCUT2D eigenvalue weighted by molar-refractivity contribution is 0.0527. The van der Waals surface area contributed by atoms with Gasteiger partial charge in [0.15, 0.2) is 0 Å². The summed E-state index contributed by atoms with van der Waals surface area (Å²) in [7, 11) is 0. The van der Waals surface area contributed by atoms with Gasteiger partial charge in [0.2, 0.25) is 0 Å². The highest BCUT2D eigenvalue weighted by atomic mass is 35.5. The number of esters is 1. The van der Waals surface area contributed by atoms with Crippen LogP contribution in [-0.2, 0) is 4.74 Å². The van der Waals surface area contributed by atoms with Crippen molar-refractivity contribution in [2.45, 2.75) is 33.7 Å². The van der Waals surface area contributed by atoms with Gasteiger partial charge in [-0.15, -0.1) is 11.3 Å². The maximum atomic E-state index is 12.5. The van der Waals surface area contributed by atoms with Gasteiger partial charge in [0, 0.05) is 16.6 Å². The first-order chi connectivity index (χ1) is 12.7. The molecule has 1 heterocycles. The monoisotopic (exact) mass is 408 g/mol. The standard InChI is InChI=1S/C19H21ClN2O4S/c1-5-26-19(25)14-11(4)15(17(24)21-10(2)3)27-18(14)22-16(23)12-6-8-13(20)9-7-12/h6-10H,5H2,1-4H3,(H,21,24)(H,22,23). The van der Waals surface area contributed by atoms with Crippen molar-refractivity contribution < 1.29 is 19.1 Å². The van der Waals surface area contributed by atoms with E-state index in [1.54, 1.807) is 38.1 Å². The van der Waals surface area contributed by atoms with Crippen molar-refractivity contribution in [3.63, 3.8) is 0 Å². The fourth-order valence-corrected chi connectivity index (χ4v) is 3.59. The number of hydrogen-bond acceptors (Lipinski definition) is 5. The first kappa shape index (κ1) is 20.9. The van der Waals surface area contributed by atoms with Crippen molar-refractivity contribution in [3.05, 3.63) is 50.9 Å². The predicted octanol–water partition coefficient (Wildman–Crippen LogP) is 4.28. The molecule has 0 unspecified atom stereocenters. The van der Waals surface area contributed by atoms with Gasteiger partial charge in [0.05, 0.1) is 17.0 Å². The second-order valence-electron chi connectivity index (χ2n) is 6.07. The van der Waals surface area contributed by atoms with Crippen molar-refractivity contribution in [2.75, 3.05) is 11.9 Å². The lowest BCUT2D eigenvalue weighted by Gasteiger charge is -2.08. The van der Waals surface area contributed by atoms with Crippen LogP contribution in [0.5, 0.6) is 0 Å². The summed E-state index contributed by atoms with van der Waals surface area (Å²) in [5, 5.41) is 6.30. The third-order valence-corrected chi connectivity index (χ3v) is 5.04. The molecule has 1 aromatic heterocycles. The zero-order chi connectivity index (χ0) is 20.1. The van der Waals surface area contributed by atoms with Crippen molar-refractivity contribution in [3.8, 4) is 0 Å². The minimum absolute atomic E-state index is 0.0582. The number of ether oxygens (including phenoxy) is 1. The van der Waals surface area contributed by atoms with Crippen LogP contribution in [0.25, 0.3) is 0 Å². The third-order valence-electron chi connectivity index (χ3n) is 3.59. The summed E-state index contributed by atoms with van der Waals surface area (Å²) >= 11 is 6.89. The highest BCUT2D eigenvalue weighted by Gasteiger charge is 2.27. The van der Waals surface area contributed by atoms with E-state index in [0.29, 0.717) is 21.0 Å². The molecule has 27 heavy (non-hydrogen) atoms. The van der Waals surface area contributed by atoms with Crippen LogP contribution in [0.3, 0.4) is 0 Å². The Kier molecular flexibility index (Phi) is 6.98. The average molecular weight is 409 g/mol. The number of rotatable bonds is 6. The molecule has 0 aliphatic rings. The number of halogens is 1. The van der Waals surface area contributed by atoms with E-state index in [-0.39, 0.29) is 29.1 Å². The van der Waals surface area contributed by atoms with E-state index < -0.39 is 11.9 Å². The molecule has 144 valence electrons. The van der Waals surface area contributed by atoms with E-state index in [1.807, 2.05) is 13.8 Å². The number of carbonyl (C=O) groups is 3. The van der Waals surface area contributed by atoms with Crippen LogP contribution in [-0.4, -0.2) is 30.4 Å². The fraction of sp³-hybridized carbons (Fsp3) is 0.316. The van der Waals surface area contributed by atoms with E-state index in [1.165, 1.54) is 0 Å². The highest BCUT2D eigenvalue weighted by molar-refractivity contribution is 7.18. The number of hydrogen-bond donors (Lipinski definition) is 2. The molecule has 0 saturated carbocycles. The summed E-state index contributed by atoms with van der Waals surface area (Å²) in [5.74, 6) is -1.29. The quantitative estimate of drug-likeness (QED) is 0.699. The Hall–Kier alpha value is -2.38. The Morgan fingerprint density at radius 1 is 1.15 bits per heavy atom. The van der Waals surface area contributed by atoms with Gasteiger partial charge in [-0.05, 0) is 57.5 Å². The zero-order valence-corrected chi connectivity index (χ0v) is 17.1. The second kappa shape index (κ2) is 9.01. The summed E-state index contributed by atoms with van der Waals surface area (Å²) < 4.78 is 5.09. The van der Waals surface area contributed by atoms with Gasteiger partial charge in [0.1, 0.15) is 5.00 Å². The van der Waals surface area contributed by atoms with Gasteiger partial charge >= 0.3 is 5.97 Å². The van der Waals surface area contributed by atoms with Crippen molar-refractivity contribution in [1.29, 1.82) is 0 Å². The van der Waals surface area contributed by atoms with Crippen molar-refractivity contribution in [1.82, 2.24) is 5.32 Å². The number of anilines is 1. The largest absolute Gasteiger partial charge is 0.462 e. The molecule has 0 fully saturated rings. The molecule has 6 nitrogen and oxygen atoms in total. The number of thiophene rings is 1. The maximum Gasteiger partial charge on any atom is 0.341 e. The van der Waals surface area contributed by atoms with E-state index >= 15 is 0 Å². The third kappa shape index (κ3) is 5.08. The minimum atomic E-state index is -0.582. The fourth-order valence-electron chi connectivity index (χ4n) is 2.37. The molecule has 0 aliphatic carbocycles. The number of benzene rings is 1. The smallest absolute Gasteiger partial charge is 0.341 e. The Morgan fingerprint density at radius 3 is 2.33 bits per heavy atom. The Balaban J connectivity index is 2.40. The zero-order valence-electron chi connectivity index (χ0n) is 15.5. The first-order valence-corrected chi connectivity index (χ1v) is 9.62. The molecule has 0 saturated heterocycles. The van der Waals surface area contributed by atoms with Crippen LogP contribution in [0.4, 0.5) is 5.00 Å². The summed E-state index contributed by atoms with van der Waals surface area (Å²) in [6, 6.07) is 6.30. The van der Waals surface area contributed by atoms with E-state index in [0.717, 1.165) is 11.3 Å². The lowest BCUT2D eigenvalue weighted by Crippen LogP contribution is -2.29. The van der Waals surface area contributed by atoms with Gasteiger partial charge in [-0.25, -0.2) is 4.79 Å². The molecule has 0 aliphatic heterocycles. The summed E-state index contributed by atoms with van der Waals surface area (Å²) in [6.45, 7) is 7.23. The first-order valence-electron chi connectivity index (χ1n) is 8.42. The van der Waals surface area contributed by atoms with Crippen molar-refractivity contribution >= 4 is 45.7 Å². The minimum Gasteiger partial charge on any atom is -0.462 e. The normalized spacial score (nSPS) is 10.6. The predicted molar refractivity (Wildman–Crippen MR) is 107 cm³/mol. The molecular formula is C19H21ClN2O4S. The topological polar surface area (TPSA) is 84.5 Å². The molecule has 0 radical (unpaired) electrons. The second-order valence-corrected chi connectivity index (χ2v) is 7.53. The summed E-state index contributed by atoms with van der Waals surface area (Å²) in [4.78, 5) is 37.7. The van der Waals surface area contributed by atoms with Crippen LogP contribution in [0.15, 0.2) is 24.3 Å². The van der Waals surface area contributed by atoms with Gasteiger partial charge in [-0.1, -0.05) is 11.6 Å². The van der Waals surface area contributed by atoms with Crippen LogP contribution >= 0.6 is 22.9 Å². The van der Waals surface area contributed by atoms with Gasteiger partial charge in [-0.2, -0.15) is 0 Å². The van der Waals surface area contributed by atoms with Gasteiger partial charge in [0.25, 0.3) is 11.8 Å². The number of nitrogens with one attached hydrogen (secondary N) is 2. The number of carbonyl (C=O) groups excluding carboxylic acids is 3. The van der Waals surface area contributed by atoms with Gasteiger partial charge in [-0.3, -0.25) is 9.59 Å². The van der Waals surface area contributed by atoms with E-state index in [4.69, 9.17) is 16.3 Å². The molecule has 2 amide bonds. The molecule has 1 aromatic carbocycles. The SMILES string of the molecule is CCOC(=O)c1c(NC(=O)c2ccc(Cl)cc2)sc(C(=O)NC(C)C)c1C. The lowest BCUT2D eigenvalue weighted by atomic mass is 10.1. The molecule has 0 bridgehead atoms. The van der Waals surface area contributed by atoms with Gasteiger partial charge < -0.3 is 15.4 Å². The number of amides is 2. The summed E-state index contributed by atoms with van der Waals surface area (Å²) in [6.07, 6.45) is 0. The van der Waals surface area contributed by atoms with Crippen LogP contribution in [0.2, 0.25) is 5.02 Å². The molecule has 2 rings (SSSR count). The highest BCUT2D eigenvalue weighted by Crippen LogP contribution is 2.34. The molecular weight excluding hydrogens is 388 g/mol. The van der Waals surface area contributed by atoms with Crippen LogP contribution in [0, 0.1) is 6.92 Å². The Bertz CT molecular complexity index is 859. The average Bonchev–Trinajstić information content (AvgIpc) is 2.91. The van der Waals surface area contributed by atoms with E-state index in [2.05, 4.69) is 10.6 Å². The Morgan fingerprint density at radius 2 is 1.78 bits per heavy atom. The van der Waals surface area contributed by atoms with Crippen molar-refractivity contribution in [2.24, 2.45) is 0 Å². The molecule has 0 spiro atoms. The Labute approximate surface area is 166 Å².